The van der Waals surface area contributed by atoms with Crippen molar-refractivity contribution < 1.29 is 9.50 Å². The number of halogens is 1. The second kappa shape index (κ2) is 4.09. The Morgan fingerprint density at radius 2 is 1.93 bits per heavy atom. The standard InChI is InChI=1S/C12H17FO/c1-9(2)8-12(3,14)10-6-4-5-7-11(10)13/h4-7,9,14H,8H2,1-3H3. The SMILES string of the molecule is CC(C)CC(C)(O)c1ccccc1F. The molecule has 0 heterocycles. The van der Waals surface area contributed by atoms with Gasteiger partial charge < -0.3 is 5.11 Å². The van der Waals surface area contributed by atoms with Gasteiger partial charge in [0.05, 0.1) is 5.60 Å². The van der Waals surface area contributed by atoms with Gasteiger partial charge in [0.15, 0.2) is 0 Å². The number of hydrogen-bond donors (Lipinski definition) is 1. The second-order valence-corrected chi connectivity index (χ2v) is 4.35. The van der Waals surface area contributed by atoms with E-state index in [1.54, 1.807) is 25.1 Å². The van der Waals surface area contributed by atoms with Crippen molar-refractivity contribution in [1.29, 1.82) is 0 Å². The lowest BCUT2D eigenvalue weighted by Gasteiger charge is -2.26. The van der Waals surface area contributed by atoms with E-state index in [2.05, 4.69) is 0 Å². The number of hydrogen-bond acceptors (Lipinski definition) is 1. The zero-order valence-corrected chi connectivity index (χ0v) is 8.92. The highest BCUT2D eigenvalue weighted by Crippen LogP contribution is 2.29. The maximum absolute atomic E-state index is 13.4. The molecular formula is C12H17FO. The lowest BCUT2D eigenvalue weighted by atomic mass is 9.87. The zero-order valence-electron chi connectivity index (χ0n) is 8.92. The topological polar surface area (TPSA) is 20.2 Å². The highest BCUT2D eigenvalue weighted by atomic mass is 19.1. The first-order valence-electron chi connectivity index (χ1n) is 4.91. The fraction of sp³-hybridized carbons (Fsp3) is 0.500. The summed E-state index contributed by atoms with van der Waals surface area (Å²) in [5.41, 5.74) is -0.687. The van der Waals surface area contributed by atoms with Crippen molar-refractivity contribution in [3.05, 3.63) is 35.6 Å². The fourth-order valence-electron chi connectivity index (χ4n) is 1.80. The predicted molar refractivity (Wildman–Crippen MR) is 55.4 cm³/mol. The molecule has 0 amide bonds. The minimum Gasteiger partial charge on any atom is -0.385 e. The van der Waals surface area contributed by atoms with Gasteiger partial charge in [-0.1, -0.05) is 32.0 Å². The van der Waals surface area contributed by atoms with Gasteiger partial charge >= 0.3 is 0 Å². The van der Waals surface area contributed by atoms with Gasteiger partial charge in [-0.15, -0.1) is 0 Å². The van der Waals surface area contributed by atoms with E-state index in [1.165, 1.54) is 6.07 Å². The van der Waals surface area contributed by atoms with E-state index in [9.17, 15) is 9.50 Å². The van der Waals surface area contributed by atoms with Gasteiger partial charge in [0.2, 0.25) is 0 Å². The first-order chi connectivity index (χ1) is 6.43. The van der Waals surface area contributed by atoms with E-state index in [1.807, 2.05) is 13.8 Å². The molecule has 0 spiro atoms. The third kappa shape index (κ3) is 2.55. The lowest BCUT2D eigenvalue weighted by molar-refractivity contribution is 0.0314. The number of rotatable bonds is 3. The summed E-state index contributed by atoms with van der Waals surface area (Å²) in [7, 11) is 0. The molecule has 0 aromatic heterocycles. The third-order valence-corrected chi connectivity index (χ3v) is 2.26. The van der Waals surface area contributed by atoms with Gasteiger partial charge in [-0.2, -0.15) is 0 Å². The zero-order chi connectivity index (χ0) is 10.8. The molecule has 0 aliphatic heterocycles. The van der Waals surface area contributed by atoms with Crippen LogP contribution in [0.4, 0.5) is 4.39 Å². The molecule has 1 aromatic rings. The van der Waals surface area contributed by atoms with E-state index in [0.29, 0.717) is 17.9 Å². The Hall–Kier alpha value is -0.890. The molecule has 1 unspecified atom stereocenters. The molecule has 1 aromatic carbocycles. The van der Waals surface area contributed by atoms with Crippen LogP contribution in [0.5, 0.6) is 0 Å². The van der Waals surface area contributed by atoms with E-state index in [0.717, 1.165) is 0 Å². The van der Waals surface area contributed by atoms with Crippen LogP contribution in [0.25, 0.3) is 0 Å². The Morgan fingerprint density at radius 3 is 2.43 bits per heavy atom. The average molecular weight is 196 g/mol. The van der Waals surface area contributed by atoms with E-state index in [4.69, 9.17) is 0 Å². The van der Waals surface area contributed by atoms with Crippen LogP contribution < -0.4 is 0 Å². The molecule has 0 saturated carbocycles. The van der Waals surface area contributed by atoms with Crippen molar-refractivity contribution in [2.75, 3.05) is 0 Å². The molecule has 0 aliphatic rings. The van der Waals surface area contributed by atoms with Gasteiger partial charge in [-0.3, -0.25) is 0 Å². The van der Waals surface area contributed by atoms with Gasteiger partial charge in [0.25, 0.3) is 0 Å². The Kier molecular flexibility index (Phi) is 3.27. The minimum absolute atomic E-state index is 0.335. The highest BCUT2D eigenvalue weighted by molar-refractivity contribution is 5.23. The lowest BCUT2D eigenvalue weighted by Crippen LogP contribution is -2.24. The van der Waals surface area contributed by atoms with Crippen molar-refractivity contribution >= 4 is 0 Å². The van der Waals surface area contributed by atoms with Crippen molar-refractivity contribution in [1.82, 2.24) is 0 Å². The second-order valence-electron chi connectivity index (χ2n) is 4.35. The molecule has 0 bridgehead atoms. The summed E-state index contributed by atoms with van der Waals surface area (Å²) in [6, 6.07) is 6.39. The minimum atomic E-state index is -1.07. The molecule has 0 saturated heterocycles. The van der Waals surface area contributed by atoms with E-state index in [-0.39, 0.29) is 5.82 Å². The van der Waals surface area contributed by atoms with Crippen LogP contribution in [0, 0.1) is 11.7 Å². The van der Waals surface area contributed by atoms with Crippen LogP contribution >= 0.6 is 0 Å². The Morgan fingerprint density at radius 1 is 1.36 bits per heavy atom. The van der Waals surface area contributed by atoms with Crippen LogP contribution in [0.2, 0.25) is 0 Å². The maximum atomic E-state index is 13.4. The van der Waals surface area contributed by atoms with Gasteiger partial charge in [0, 0.05) is 5.56 Å². The quantitative estimate of drug-likeness (QED) is 0.787. The highest BCUT2D eigenvalue weighted by Gasteiger charge is 2.26. The molecule has 1 atom stereocenters. The molecule has 0 radical (unpaired) electrons. The largest absolute Gasteiger partial charge is 0.385 e. The Balaban J connectivity index is 2.97. The first kappa shape index (κ1) is 11.2. The fourth-order valence-corrected chi connectivity index (χ4v) is 1.80. The number of benzene rings is 1. The monoisotopic (exact) mass is 196 g/mol. The average Bonchev–Trinajstić information content (AvgIpc) is 2.02. The van der Waals surface area contributed by atoms with Crippen LogP contribution in [0.3, 0.4) is 0 Å². The molecular weight excluding hydrogens is 179 g/mol. The third-order valence-electron chi connectivity index (χ3n) is 2.26. The van der Waals surface area contributed by atoms with Crippen LogP contribution in [-0.4, -0.2) is 5.11 Å². The van der Waals surface area contributed by atoms with Crippen LogP contribution in [0.1, 0.15) is 32.8 Å². The smallest absolute Gasteiger partial charge is 0.129 e. The van der Waals surface area contributed by atoms with E-state index < -0.39 is 5.60 Å². The Labute approximate surface area is 84.6 Å². The summed E-state index contributed by atoms with van der Waals surface area (Å²) in [4.78, 5) is 0. The van der Waals surface area contributed by atoms with Crippen molar-refractivity contribution in [2.24, 2.45) is 5.92 Å². The molecule has 2 heteroatoms. The van der Waals surface area contributed by atoms with Crippen LogP contribution in [0.15, 0.2) is 24.3 Å². The van der Waals surface area contributed by atoms with Gasteiger partial charge in [-0.05, 0) is 25.3 Å². The van der Waals surface area contributed by atoms with Crippen molar-refractivity contribution in [2.45, 2.75) is 32.8 Å². The summed E-state index contributed by atoms with van der Waals surface area (Å²) in [5, 5.41) is 10.1. The number of aliphatic hydroxyl groups is 1. The summed E-state index contributed by atoms with van der Waals surface area (Å²) in [6.45, 7) is 5.68. The molecule has 0 fully saturated rings. The first-order valence-corrected chi connectivity index (χ1v) is 4.91. The summed E-state index contributed by atoms with van der Waals surface area (Å²) < 4.78 is 13.4. The summed E-state index contributed by atoms with van der Waals surface area (Å²) >= 11 is 0. The molecule has 1 N–H and O–H groups in total. The van der Waals surface area contributed by atoms with Gasteiger partial charge in [-0.25, -0.2) is 4.39 Å². The normalized spacial score (nSPS) is 15.6. The predicted octanol–water partition coefficient (Wildman–Crippen LogP) is 3.08. The maximum Gasteiger partial charge on any atom is 0.129 e. The molecule has 1 rings (SSSR count). The van der Waals surface area contributed by atoms with Crippen LogP contribution in [-0.2, 0) is 5.60 Å². The molecule has 1 nitrogen and oxygen atoms in total. The van der Waals surface area contributed by atoms with Crippen molar-refractivity contribution in [3.8, 4) is 0 Å². The summed E-state index contributed by atoms with van der Waals surface area (Å²) in [5.74, 6) is 0.00255. The molecule has 14 heavy (non-hydrogen) atoms. The summed E-state index contributed by atoms with van der Waals surface area (Å²) in [6.07, 6.45) is 0.563. The van der Waals surface area contributed by atoms with Crippen molar-refractivity contribution in [3.63, 3.8) is 0 Å². The Bertz CT molecular complexity index is 305. The molecule has 78 valence electrons. The van der Waals surface area contributed by atoms with E-state index >= 15 is 0 Å². The van der Waals surface area contributed by atoms with Gasteiger partial charge in [0.1, 0.15) is 5.82 Å². The molecule has 0 aliphatic carbocycles.